The number of benzene rings is 3. The van der Waals surface area contributed by atoms with Crippen molar-refractivity contribution < 1.29 is 23.7 Å². The number of hydrogen-bond donors (Lipinski definition) is 0. The summed E-state index contributed by atoms with van der Waals surface area (Å²) in [4.78, 5) is 18.5. The first-order valence-electron chi connectivity index (χ1n) is 14.6. The van der Waals surface area contributed by atoms with Gasteiger partial charge in [0.05, 0.1) is 32.6 Å². The van der Waals surface area contributed by atoms with Gasteiger partial charge in [-0.25, -0.2) is 4.79 Å². The Hall–Kier alpha value is -4.90. The molecule has 7 heteroatoms. The number of morpholine rings is 1. The first-order valence-corrected chi connectivity index (χ1v) is 14.6. The first kappa shape index (κ1) is 30.6. The average molecular weight is 589 g/mol. The largest absolute Gasteiger partial charge is 0.489 e. The second-order valence-corrected chi connectivity index (χ2v) is 10.3. The van der Waals surface area contributed by atoms with Crippen molar-refractivity contribution in [2.45, 2.75) is 6.92 Å². The van der Waals surface area contributed by atoms with E-state index in [1.165, 1.54) is 7.11 Å². The summed E-state index contributed by atoms with van der Waals surface area (Å²) in [7, 11) is 1.33. The lowest BCUT2D eigenvalue weighted by Crippen LogP contribution is -2.36. The molecular formula is C37H36N2O5. The maximum atomic E-state index is 11.4. The Balaban J connectivity index is 1.32. The van der Waals surface area contributed by atoms with Gasteiger partial charge < -0.3 is 18.9 Å². The van der Waals surface area contributed by atoms with Crippen molar-refractivity contribution in [1.29, 1.82) is 0 Å². The third-order valence-corrected chi connectivity index (χ3v) is 7.24. The van der Waals surface area contributed by atoms with Crippen LogP contribution in [0.2, 0.25) is 0 Å². The zero-order valence-electron chi connectivity index (χ0n) is 25.1. The van der Waals surface area contributed by atoms with Crippen LogP contribution in [0.15, 0.2) is 97.2 Å². The lowest BCUT2D eigenvalue weighted by molar-refractivity contribution is -0.142. The Labute approximate surface area is 259 Å². The van der Waals surface area contributed by atoms with Crippen LogP contribution < -0.4 is 9.47 Å². The van der Waals surface area contributed by atoms with Gasteiger partial charge in [0, 0.05) is 36.0 Å². The van der Waals surface area contributed by atoms with E-state index in [9.17, 15) is 4.79 Å². The maximum absolute atomic E-state index is 11.4. The van der Waals surface area contributed by atoms with Crippen LogP contribution in [0.4, 0.5) is 0 Å². The minimum Gasteiger partial charge on any atom is -0.489 e. The molecule has 1 aliphatic heterocycles. The molecule has 0 spiro atoms. The molecule has 0 amide bonds. The normalized spacial score (nSPS) is 13.5. The summed E-state index contributed by atoms with van der Waals surface area (Å²) in [5.74, 6) is 7.47. The molecular weight excluding hydrogens is 552 g/mol. The van der Waals surface area contributed by atoms with E-state index < -0.39 is 5.97 Å². The second-order valence-electron chi connectivity index (χ2n) is 10.3. The molecule has 3 aromatic carbocycles. The molecule has 0 bridgehead atoms. The van der Waals surface area contributed by atoms with Crippen LogP contribution in [-0.4, -0.2) is 69.0 Å². The van der Waals surface area contributed by atoms with Crippen molar-refractivity contribution in [2.24, 2.45) is 0 Å². The summed E-state index contributed by atoms with van der Waals surface area (Å²) in [5.41, 5.74) is 6.87. The molecule has 1 fully saturated rings. The van der Waals surface area contributed by atoms with Gasteiger partial charge in [-0.05, 0) is 66.1 Å². The smallest absolute Gasteiger partial charge is 0.343 e. The first-order chi connectivity index (χ1) is 21.6. The molecule has 0 aliphatic carbocycles. The third-order valence-electron chi connectivity index (χ3n) is 7.24. The van der Waals surface area contributed by atoms with Crippen molar-refractivity contribution in [3.8, 4) is 34.6 Å². The highest BCUT2D eigenvalue weighted by molar-refractivity contribution is 5.80. The van der Waals surface area contributed by atoms with Crippen LogP contribution in [0.25, 0.3) is 16.8 Å². The van der Waals surface area contributed by atoms with Gasteiger partial charge in [0.2, 0.25) is 0 Å². The lowest BCUT2D eigenvalue weighted by Gasteiger charge is -2.24. The number of pyridine rings is 1. The Morgan fingerprint density at radius 3 is 2.43 bits per heavy atom. The molecule has 0 saturated carbocycles. The summed E-state index contributed by atoms with van der Waals surface area (Å²) in [6.07, 6.45) is 3.97. The number of aryl methyl sites for hydroxylation is 1. The number of methoxy groups -OCH3 is 1. The number of esters is 1. The van der Waals surface area contributed by atoms with E-state index in [0.29, 0.717) is 18.1 Å². The second kappa shape index (κ2) is 15.5. The zero-order chi connectivity index (χ0) is 30.6. The molecule has 5 rings (SSSR count). The summed E-state index contributed by atoms with van der Waals surface area (Å²) >= 11 is 0. The number of carbonyl (C=O) groups is 1. The topological polar surface area (TPSA) is 70.1 Å². The Morgan fingerprint density at radius 1 is 0.955 bits per heavy atom. The third kappa shape index (κ3) is 8.57. The van der Waals surface area contributed by atoms with Crippen molar-refractivity contribution in [1.82, 2.24) is 9.88 Å². The van der Waals surface area contributed by atoms with Gasteiger partial charge in [0.1, 0.15) is 18.1 Å². The van der Waals surface area contributed by atoms with Crippen LogP contribution in [0.1, 0.15) is 22.3 Å². The molecule has 1 saturated heterocycles. The maximum Gasteiger partial charge on any atom is 0.343 e. The molecule has 0 atom stereocenters. The molecule has 224 valence electrons. The zero-order valence-corrected chi connectivity index (χ0v) is 25.1. The minimum absolute atomic E-state index is 0.140. The molecule has 4 aromatic rings. The number of ether oxygens (including phenoxy) is 4. The summed E-state index contributed by atoms with van der Waals surface area (Å²) in [6.45, 7) is 6.25. The van der Waals surface area contributed by atoms with Crippen molar-refractivity contribution in [3.05, 3.63) is 119 Å². The predicted octanol–water partition coefficient (Wildman–Crippen LogP) is 5.80. The average Bonchev–Trinajstić information content (AvgIpc) is 3.07. The quantitative estimate of drug-likeness (QED) is 0.171. The highest BCUT2D eigenvalue weighted by atomic mass is 16.6. The van der Waals surface area contributed by atoms with Gasteiger partial charge in [0.15, 0.2) is 6.61 Å². The van der Waals surface area contributed by atoms with Crippen LogP contribution >= 0.6 is 0 Å². The molecule has 0 N–H and O–H groups in total. The van der Waals surface area contributed by atoms with Crippen molar-refractivity contribution in [3.63, 3.8) is 0 Å². The Bertz CT molecular complexity index is 1620. The van der Waals surface area contributed by atoms with Gasteiger partial charge in [-0.2, -0.15) is 0 Å². The number of hydrogen-bond acceptors (Lipinski definition) is 7. The Morgan fingerprint density at radius 2 is 1.73 bits per heavy atom. The van der Waals surface area contributed by atoms with Crippen LogP contribution in [-0.2, 0) is 14.3 Å². The number of carbonyl (C=O) groups excluding carboxylic acids is 1. The van der Waals surface area contributed by atoms with Crippen molar-refractivity contribution >= 4 is 11.5 Å². The highest BCUT2D eigenvalue weighted by Crippen LogP contribution is 2.27. The van der Waals surface area contributed by atoms with E-state index in [4.69, 9.17) is 19.2 Å². The molecule has 1 aliphatic rings. The van der Waals surface area contributed by atoms with E-state index in [-0.39, 0.29) is 6.61 Å². The number of aromatic nitrogens is 1. The van der Waals surface area contributed by atoms with Gasteiger partial charge in [-0.3, -0.25) is 9.88 Å². The minimum atomic E-state index is -0.429. The molecule has 2 heterocycles. The summed E-state index contributed by atoms with van der Waals surface area (Å²) in [6, 6.07) is 28.1. The van der Waals surface area contributed by atoms with Crippen LogP contribution in [0.5, 0.6) is 11.5 Å². The van der Waals surface area contributed by atoms with E-state index in [0.717, 1.165) is 71.9 Å². The van der Waals surface area contributed by atoms with Gasteiger partial charge in [0.25, 0.3) is 0 Å². The highest BCUT2D eigenvalue weighted by Gasteiger charge is 2.10. The fourth-order valence-corrected chi connectivity index (χ4v) is 4.77. The van der Waals surface area contributed by atoms with Gasteiger partial charge in [-0.1, -0.05) is 60.4 Å². The van der Waals surface area contributed by atoms with E-state index in [1.807, 2.05) is 49.5 Å². The van der Waals surface area contributed by atoms with Crippen LogP contribution in [0, 0.1) is 18.8 Å². The fourth-order valence-electron chi connectivity index (χ4n) is 4.77. The Kier molecular flexibility index (Phi) is 10.8. The molecule has 1 aromatic heterocycles. The van der Waals surface area contributed by atoms with Crippen molar-refractivity contribution in [2.75, 3.05) is 53.2 Å². The molecule has 0 unspecified atom stereocenters. The summed E-state index contributed by atoms with van der Waals surface area (Å²) in [5, 5.41) is 0. The predicted molar refractivity (Wildman–Crippen MR) is 172 cm³/mol. The van der Waals surface area contributed by atoms with E-state index in [2.05, 4.69) is 70.0 Å². The molecule has 7 nitrogen and oxygen atoms in total. The number of rotatable bonds is 10. The van der Waals surface area contributed by atoms with Gasteiger partial charge >= 0.3 is 5.97 Å². The molecule has 0 radical (unpaired) electrons. The lowest BCUT2D eigenvalue weighted by atomic mass is 9.97. The van der Waals surface area contributed by atoms with Crippen LogP contribution in [0.3, 0.4) is 0 Å². The van der Waals surface area contributed by atoms with E-state index >= 15 is 0 Å². The molecule has 44 heavy (non-hydrogen) atoms. The SMILES string of the molecule is COC(=O)COc1ccc(OCC=C(c2ccc(C#CCN3CCOCC3)cc2)c2ccc(-c3ccccc3)nc2)cc1C. The monoisotopic (exact) mass is 588 g/mol. The number of nitrogens with zero attached hydrogens (tertiary/aromatic N) is 2. The van der Waals surface area contributed by atoms with E-state index in [1.54, 1.807) is 6.07 Å². The van der Waals surface area contributed by atoms with Gasteiger partial charge in [-0.15, -0.1) is 0 Å². The standard InChI is InChI=1S/C37H36N2O5/c1-28-25-33(15-17-36(28)44-27-37(40)41-2)43-22-18-34(32-14-16-35(38-26-32)31-8-4-3-5-9-31)30-12-10-29(11-13-30)7-6-19-39-20-23-42-24-21-39/h3-5,8-18,25-26H,19-24,27H2,1-2H3. The fraction of sp³-hybridized carbons (Fsp3) is 0.243. The summed E-state index contributed by atoms with van der Waals surface area (Å²) < 4.78 is 21.7.